The maximum Gasteiger partial charge on any atom is 0.407 e. The second-order valence-corrected chi connectivity index (χ2v) is 8.86. The lowest BCUT2D eigenvalue weighted by Crippen LogP contribution is -2.49. The molecular formula is C26H28N2O6. The van der Waals surface area contributed by atoms with E-state index < -0.39 is 29.4 Å². The van der Waals surface area contributed by atoms with E-state index in [1.807, 2.05) is 24.3 Å². The van der Waals surface area contributed by atoms with Crippen LogP contribution in [0.1, 0.15) is 30.9 Å². The molecule has 3 N–H and O–H groups in total. The van der Waals surface area contributed by atoms with Crippen LogP contribution in [0.15, 0.2) is 60.2 Å². The lowest BCUT2D eigenvalue weighted by Gasteiger charge is -2.25. The summed E-state index contributed by atoms with van der Waals surface area (Å²) in [5, 5.41) is 14.8. The molecule has 2 atom stereocenters. The Balaban J connectivity index is 1.28. The number of aliphatic carboxylic acids is 1. The molecule has 1 saturated heterocycles. The first-order valence-electron chi connectivity index (χ1n) is 11.2. The summed E-state index contributed by atoms with van der Waals surface area (Å²) in [5.74, 6) is -1.45. The summed E-state index contributed by atoms with van der Waals surface area (Å²) in [6.45, 7) is 3.64. The highest BCUT2D eigenvalue weighted by Crippen LogP contribution is 2.44. The number of carboxylic acid groups (broad SMARTS) is 1. The first-order valence-corrected chi connectivity index (χ1v) is 11.2. The maximum absolute atomic E-state index is 12.4. The van der Waals surface area contributed by atoms with Gasteiger partial charge in [0, 0.05) is 18.0 Å². The predicted octanol–water partition coefficient (Wildman–Crippen LogP) is 3.08. The fourth-order valence-electron chi connectivity index (χ4n) is 4.39. The fourth-order valence-corrected chi connectivity index (χ4v) is 4.39. The van der Waals surface area contributed by atoms with Crippen LogP contribution in [0.25, 0.3) is 11.1 Å². The predicted molar refractivity (Wildman–Crippen MR) is 125 cm³/mol. The number of carbonyl (C=O) groups excluding carboxylic acids is 2. The molecule has 2 aromatic rings. The maximum atomic E-state index is 12.4. The van der Waals surface area contributed by atoms with E-state index in [0.717, 1.165) is 22.3 Å². The highest BCUT2D eigenvalue weighted by molar-refractivity contribution is 5.93. The molecule has 2 aromatic carbocycles. The summed E-state index contributed by atoms with van der Waals surface area (Å²) in [6, 6.07) is 15.6. The summed E-state index contributed by atoms with van der Waals surface area (Å²) in [7, 11) is 0. The molecule has 0 aromatic heterocycles. The molecule has 0 bridgehead atoms. The third kappa shape index (κ3) is 4.54. The number of carbonyl (C=O) groups is 3. The Morgan fingerprint density at radius 2 is 1.74 bits per heavy atom. The number of ether oxygens (including phenoxy) is 2. The van der Waals surface area contributed by atoms with Crippen LogP contribution in [0, 0.1) is 5.41 Å². The average molecular weight is 465 g/mol. The first kappa shape index (κ1) is 23.5. The minimum absolute atomic E-state index is 0.0293. The van der Waals surface area contributed by atoms with Crippen LogP contribution in [0.5, 0.6) is 0 Å². The minimum Gasteiger partial charge on any atom is -0.481 e. The largest absolute Gasteiger partial charge is 0.481 e. The molecular weight excluding hydrogens is 436 g/mol. The molecule has 1 heterocycles. The number of carboxylic acids is 1. The minimum atomic E-state index is -1.17. The fraction of sp³-hybridized carbons (Fsp3) is 0.346. The number of benzene rings is 2. The zero-order chi connectivity index (χ0) is 24.3. The molecule has 8 heteroatoms. The van der Waals surface area contributed by atoms with E-state index in [0.29, 0.717) is 5.57 Å². The zero-order valence-electron chi connectivity index (χ0n) is 19.2. The first-order chi connectivity index (χ1) is 16.3. The lowest BCUT2D eigenvalue weighted by atomic mass is 9.85. The summed E-state index contributed by atoms with van der Waals surface area (Å²) in [6.07, 6.45) is 0.985. The highest BCUT2D eigenvalue weighted by atomic mass is 16.5. The molecule has 0 radical (unpaired) electrons. The number of fused-ring (bicyclic) bond motifs is 3. The van der Waals surface area contributed by atoms with Gasteiger partial charge in [0.2, 0.25) is 5.91 Å². The van der Waals surface area contributed by atoms with Crippen molar-refractivity contribution in [1.82, 2.24) is 10.6 Å². The average Bonchev–Trinajstić information content (AvgIpc) is 3.36. The molecule has 34 heavy (non-hydrogen) atoms. The topological polar surface area (TPSA) is 114 Å². The van der Waals surface area contributed by atoms with Crippen LogP contribution in [-0.2, 0) is 19.1 Å². The van der Waals surface area contributed by atoms with Crippen LogP contribution in [0.3, 0.4) is 0 Å². The Morgan fingerprint density at radius 1 is 1.12 bits per heavy atom. The van der Waals surface area contributed by atoms with Crippen molar-refractivity contribution in [3.05, 3.63) is 71.3 Å². The van der Waals surface area contributed by atoms with Crippen LogP contribution < -0.4 is 10.6 Å². The molecule has 2 aliphatic rings. The SMILES string of the molecule is C/C(=C\CNC(=O)OCC1c2ccccc2-c2ccccc21)C(=O)NC1COCC1(C)C(=O)O. The van der Waals surface area contributed by atoms with Crippen molar-refractivity contribution in [3.8, 4) is 11.1 Å². The van der Waals surface area contributed by atoms with Crippen molar-refractivity contribution in [3.63, 3.8) is 0 Å². The number of nitrogens with one attached hydrogen (secondary N) is 2. The molecule has 0 saturated carbocycles. The summed E-state index contributed by atoms with van der Waals surface area (Å²) in [4.78, 5) is 36.2. The van der Waals surface area contributed by atoms with Gasteiger partial charge in [-0.1, -0.05) is 54.6 Å². The normalized spacial score (nSPS) is 21.5. The van der Waals surface area contributed by atoms with Gasteiger partial charge >= 0.3 is 12.1 Å². The zero-order valence-corrected chi connectivity index (χ0v) is 19.2. The van der Waals surface area contributed by atoms with Gasteiger partial charge in [-0.05, 0) is 36.1 Å². The van der Waals surface area contributed by atoms with Crippen LogP contribution in [0.4, 0.5) is 4.79 Å². The number of hydrogen-bond acceptors (Lipinski definition) is 5. The number of hydrogen-bond donors (Lipinski definition) is 3. The van der Waals surface area contributed by atoms with Gasteiger partial charge in [-0.25, -0.2) is 4.79 Å². The molecule has 1 aliphatic heterocycles. The third-order valence-corrected chi connectivity index (χ3v) is 6.61. The second kappa shape index (κ2) is 9.69. The van der Waals surface area contributed by atoms with Crippen LogP contribution in [0.2, 0.25) is 0 Å². The van der Waals surface area contributed by atoms with E-state index in [1.54, 1.807) is 19.9 Å². The molecule has 4 rings (SSSR count). The van der Waals surface area contributed by atoms with Crippen LogP contribution in [-0.4, -0.2) is 55.5 Å². The smallest absolute Gasteiger partial charge is 0.407 e. The Labute approximate surface area is 198 Å². The molecule has 1 fully saturated rings. The Bertz CT molecular complexity index is 1100. The Hall–Kier alpha value is -3.65. The van der Waals surface area contributed by atoms with E-state index in [-0.39, 0.29) is 32.3 Å². The van der Waals surface area contributed by atoms with E-state index in [1.165, 1.54) is 0 Å². The molecule has 2 unspecified atom stereocenters. The van der Waals surface area contributed by atoms with Gasteiger partial charge in [-0.15, -0.1) is 0 Å². The molecule has 2 amide bonds. The van der Waals surface area contributed by atoms with E-state index in [9.17, 15) is 19.5 Å². The summed E-state index contributed by atoms with van der Waals surface area (Å²) in [5.41, 5.74) is 3.77. The Kier molecular flexibility index (Phi) is 6.70. The number of alkyl carbamates (subject to hydrolysis) is 1. The quantitative estimate of drug-likeness (QED) is 0.543. The van der Waals surface area contributed by atoms with E-state index >= 15 is 0 Å². The summed E-state index contributed by atoms with van der Waals surface area (Å²) < 4.78 is 10.7. The molecule has 1 aliphatic carbocycles. The monoisotopic (exact) mass is 464 g/mol. The van der Waals surface area contributed by atoms with E-state index in [4.69, 9.17) is 9.47 Å². The molecule has 8 nitrogen and oxygen atoms in total. The molecule has 0 spiro atoms. The van der Waals surface area contributed by atoms with Gasteiger partial charge in [0.1, 0.15) is 12.0 Å². The Morgan fingerprint density at radius 3 is 2.35 bits per heavy atom. The van der Waals surface area contributed by atoms with Gasteiger partial charge in [0.05, 0.1) is 19.3 Å². The van der Waals surface area contributed by atoms with Crippen molar-refractivity contribution in [1.29, 1.82) is 0 Å². The van der Waals surface area contributed by atoms with E-state index in [2.05, 4.69) is 34.9 Å². The standard InChI is InChI=1S/C26H28N2O6/c1-16(23(29)28-22-14-33-15-26(22,2)24(30)31)11-12-27-25(32)34-13-21-19-9-5-3-7-17(19)18-8-4-6-10-20(18)21/h3-11,21-22H,12-15H2,1-2H3,(H,27,32)(H,28,29)(H,30,31)/b16-11+. The van der Waals surface area contributed by atoms with Crippen molar-refractivity contribution in [2.75, 3.05) is 26.4 Å². The van der Waals surface area contributed by atoms with Gasteiger partial charge in [0.25, 0.3) is 0 Å². The van der Waals surface area contributed by atoms with Gasteiger partial charge in [-0.3, -0.25) is 9.59 Å². The van der Waals surface area contributed by atoms with Crippen LogP contribution >= 0.6 is 0 Å². The van der Waals surface area contributed by atoms with Gasteiger partial charge < -0.3 is 25.2 Å². The molecule has 178 valence electrons. The van der Waals surface area contributed by atoms with Gasteiger partial charge in [-0.2, -0.15) is 0 Å². The van der Waals surface area contributed by atoms with Crippen molar-refractivity contribution in [2.45, 2.75) is 25.8 Å². The summed E-state index contributed by atoms with van der Waals surface area (Å²) >= 11 is 0. The van der Waals surface area contributed by atoms with Crippen molar-refractivity contribution < 1.29 is 29.0 Å². The van der Waals surface area contributed by atoms with Gasteiger partial charge in [0.15, 0.2) is 0 Å². The van der Waals surface area contributed by atoms with Crippen molar-refractivity contribution >= 4 is 18.0 Å². The highest BCUT2D eigenvalue weighted by Gasteiger charge is 2.47. The lowest BCUT2D eigenvalue weighted by molar-refractivity contribution is -0.148. The third-order valence-electron chi connectivity index (χ3n) is 6.61. The number of amides is 2. The van der Waals surface area contributed by atoms with Crippen molar-refractivity contribution in [2.24, 2.45) is 5.41 Å². The number of rotatable bonds is 7. The second-order valence-electron chi connectivity index (χ2n) is 8.86.